The molecule has 0 aromatic heterocycles. The van der Waals surface area contributed by atoms with Gasteiger partial charge in [-0.1, -0.05) is 18.5 Å². The molecule has 0 heterocycles. The summed E-state index contributed by atoms with van der Waals surface area (Å²) in [7, 11) is 0. The molecule has 1 nitrogen and oxygen atoms in total. The third-order valence-electron chi connectivity index (χ3n) is 1.86. The van der Waals surface area contributed by atoms with Crippen LogP contribution in [0.25, 0.3) is 0 Å². The van der Waals surface area contributed by atoms with Crippen molar-refractivity contribution in [2.75, 3.05) is 0 Å². The zero-order chi connectivity index (χ0) is 9.84. The number of hydrogen-bond acceptors (Lipinski definition) is 1. The highest BCUT2D eigenvalue weighted by Crippen LogP contribution is 2.15. The lowest BCUT2D eigenvalue weighted by atomic mass is 10.1. The molecular weight excluding hydrogens is 191 g/mol. The van der Waals surface area contributed by atoms with Gasteiger partial charge in [-0.05, 0) is 36.6 Å². The van der Waals surface area contributed by atoms with Gasteiger partial charge in [-0.3, -0.25) is 0 Å². The molecule has 1 aromatic rings. The van der Waals surface area contributed by atoms with Crippen LogP contribution in [0.15, 0.2) is 18.2 Å². The summed E-state index contributed by atoms with van der Waals surface area (Å²) in [5, 5.41) is 9.70. The van der Waals surface area contributed by atoms with E-state index in [1.807, 2.05) is 6.92 Å². The van der Waals surface area contributed by atoms with Gasteiger partial charge < -0.3 is 5.11 Å². The van der Waals surface area contributed by atoms with E-state index in [-0.39, 0.29) is 5.82 Å². The van der Waals surface area contributed by atoms with Gasteiger partial charge in [0.05, 0.1) is 6.10 Å². The molecule has 0 aliphatic rings. The summed E-state index contributed by atoms with van der Waals surface area (Å²) in [6.07, 6.45) is 0.695. The van der Waals surface area contributed by atoms with Crippen LogP contribution in [-0.4, -0.2) is 11.2 Å². The van der Waals surface area contributed by atoms with E-state index in [1.54, 1.807) is 6.07 Å². The molecule has 0 spiro atoms. The largest absolute Gasteiger partial charge is 0.393 e. The van der Waals surface area contributed by atoms with Crippen LogP contribution in [0.3, 0.4) is 0 Å². The van der Waals surface area contributed by atoms with Gasteiger partial charge in [0.2, 0.25) is 0 Å². The van der Waals surface area contributed by atoms with Crippen LogP contribution in [0.4, 0.5) is 4.39 Å². The summed E-state index contributed by atoms with van der Waals surface area (Å²) in [5.74, 6) is -0.356. The molecular formula is C10H12ClFO. The second-order valence-electron chi connectivity index (χ2n) is 3.04. The first-order valence-electron chi connectivity index (χ1n) is 4.25. The molecule has 0 fully saturated rings. The molecule has 0 aliphatic heterocycles. The third kappa shape index (κ3) is 3.33. The van der Waals surface area contributed by atoms with Gasteiger partial charge in [0.1, 0.15) is 5.82 Å². The third-order valence-corrected chi connectivity index (χ3v) is 2.08. The zero-order valence-corrected chi connectivity index (χ0v) is 8.18. The summed E-state index contributed by atoms with van der Waals surface area (Å²) in [6.45, 7) is 1.88. The molecule has 0 radical (unpaired) electrons. The van der Waals surface area contributed by atoms with Crippen molar-refractivity contribution in [1.82, 2.24) is 0 Å². The van der Waals surface area contributed by atoms with E-state index in [0.717, 1.165) is 5.56 Å². The molecule has 0 unspecified atom stereocenters. The number of aliphatic hydroxyl groups is 1. The predicted octanol–water partition coefficient (Wildman–Crippen LogP) is 2.79. The number of aliphatic hydroxyl groups excluding tert-OH is 1. The zero-order valence-electron chi connectivity index (χ0n) is 7.43. The molecule has 0 aliphatic carbocycles. The molecule has 1 atom stereocenters. The van der Waals surface area contributed by atoms with Crippen LogP contribution in [0.1, 0.15) is 18.9 Å². The highest BCUT2D eigenvalue weighted by molar-refractivity contribution is 6.30. The molecule has 3 heteroatoms. The number of rotatable bonds is 3. The summed E-state index contributed by atoms with van der Waals surface area (Å²) in [4.78, 5) is 0. The summed E-state index contributed by atoms with van der Waals surface area (Å²) in [5.41, 5.74) is 0.736. The monoisotopic (exact) mass is 202 g/mol. The molecule has 13 heavy (non-hydrogen) atoms. The van der Waals surface area contributed by atoms with E-state index in [0.29, 0.717) is 17.9 Å². The van der Waals surface area contributed by atoms with E-state index >= 15 is 0 Å². The van der Waals surface area contributed by atoms with E-state index in [4.69, 9.17) is 11.6 Å². The van der Waals surface area contributed by atoms with Gasteiger partial charge in [-0.15, -0.1) is 0 Å². The first-order valence-corrected chi connectivity index (χ1v) is 4.62. The van der Waals surface area contributed by atoms with Crippen LogP contribution < -0.4 is 0 Å². The van der Waals surface area contributed by atoms with Crippen LogP contribution in [0.5, 0.6) is 0 Å². The van der Waals surface area contributed by atoms with Crippen molar-refractivity contribution in [2.45, 2.75) is 25.9 Å². The van der Waals surface area contributed by atoms with Crippen LogP contribution in [0, 0.1) is 5.82 Å². The predicted molar refractivity (Wildman–Crippen MR) is 51.4 cm³/mol. The summed E-state index contributed by atoms with van der Waals surface area (Å²) >= 11 is 5.66. The highest BCUT2D eigenvalue weighted by Gasteiger charge is 2.04. The smallest absolute Gasteiger partial charge is 0.124 e. The Hall–Kier alpha value is -0.600. The van der Waals surface area contributed by atoms with Crippen molar-refractivity contribution in [2.24, 2.45) is 0 Å². The Morgan fingerprint density at radius 2 is 2.15 bits per heavy atom. The highest BCUT2D eigenvalue weighted by atomic mass is 35.5. The number of halogens is 2. The quantitative estimate of drug-likeness (QED) is 0.799. The van der Waals surface area contributed by atoms with Gasteiger partial charge >= 0.3 is 0 Å². The van der Waals surface area contributed by atoms with Gasteiger partial charge in [0, 0.05) is 5.02 Å². The van der Waals surface area contributed by atoms with E-state index in [2.05, 4.69) is 0 Å². The topological polar surface area (TPSA) is 20.2 Å². The number of hydrogen-bond donors (Lipinski definition) is 1. The lowest BCUT2D eigenvalue weighted by molar-refractivity contribution is 0.170. The SMILES string of the molecule is CC[C@@H](O)Cc1cc(F)cc(Cl)c1. The molecule has 1 rings (SSSR count). The average Bonchev–Trinajstić information content (AvgIpc) is 2.02. The Labute approximate surface area is 82.2 Å². The van der Waals surface area contributed by atoms with Crippen molar-refractivity contribution in [1.29, 1.82) is 0 Å². The minimum absolute atomic E-state index is 0.356. The second-order valence-corrected chi connectivity index (χ2v) is 3.48. The Kier molecular flexibility index (Phi) is 3.70. The maximum Gasteiger partial charge on any atom is 0.124 e. The normalized spacial score (nSPS) is 12.9. The maximum atomic E-state index is 12.8. The average molecular weight is 203 g/mol. The number of benzene rings is 1. The Balaban J connectivity index is 2.77. The lowest BCUT2D eigenvalue weighted by Gasteiger charge is -2.07. The summed E-state index contributed by atoms with van der Waals surface area (Å²) < 4.78 is 12.8. The fraction of sp³-hybridized carbons (Fsp3) is 0.400. The Bertz CT molecular complexity index is 268. The fourth-order valence-corrected chi connectivity index (χ4v) is 1.39. The minimum Gasteiger partial charge on any atom is -0.393 e. The van der Waals surface area contributed by atoms with Gasteiger partial charge in [0.25, 0.3) is 0 Å². The first kappa shape index (κ1) is 10.5. The van der Waals surface area contributed by atoms with E-state index in [9.17, 15) is 9.50 Å². The lowest BCUT2D eigenvalue weighted by Crippen LogP contribution is -2.08. The van der Waals surface area contributed by atoms with Crippen LogP contribution in [-0.2, 0) is 6.42 Å². The Morgan fingerprint density at radius 3 is 2.69 bits per heavy atom. The van der Waals surface area contributed by atoms with Crippen LogP contribution >= 0.6 is 11.6 Å². The van der Waals surface area contributed by atoms with Crippen molar-refractivity contribution in [3.05, 3.63) is 34.6 Å². The van der Waals surface area contributed by atoms with Crippen LogP contribution in [0.2, 0.25) is 5.02 Å². The minimum atomic E-state index is -0.419. The van der Waals surface area contributed by atoms with Crippen molar-refractivity contribution in [3.63, 3.8) is 0 Å². The molecule has 0 saturated heterocycles. The molecule has 0 bridgehead atoms. The molecule has 1 aromatic carbocycles. The second kappa shape index (κ2) is 4.58. The fourth-order valence-electron chi connectivity index (χ4n) is 1.15. The standard InChI is InChI=1S/C10H12ClFO/c1-2-10(13)5-7-3-8(11)6-9(12)4-7/h3-4,6,10,13H,2,5H2,1H3/t10-/m1/s1. The maximum absolute atomic E-state index is 12.8. The Morgan fingerprint density at radius 1 is 1.46 bits per heavy atom. The summed E-state index contributed by atoms with van der Waals surface area (Å²) in [6, 6.07) is 4.32. The van der Waals surface area contributed by atoms with Crippen molar-refractivity contribution < 1.29 is 9.50 Å². The molecule has 72 valence electrons. The molecule has 0 saturated carbocycles. The van der Waals surface area contributed by atoms with Crippen molar-refractivity contribution in [3.8, 4) is 0 Å². The van der Waals surface area contributed by atoms with Gasteiger partial charge in [0.15, 0.2) is 0 Å². The van der Waals surface area contributed by atoms with Gasteiger partial charge in [-0.2, -0.15) is 0 Å². The van der Waals surface area contributed by atoms with Gasteiger partial charge in [-0.25, -0.2) is 4.39 Å². The van der Waals surface area contributed by atoms with E-state index in [1.165, 1.54) is 12.1 Å². The van der Waals surface area contributed by atoms with Crippen molar-refractivity contribution >= 4 is 11.6 Å². The first-order chi connectivity index (χ1) is 6.11. The molecule has 0 amide bonds. The van der Waals surface area contributed by atoms with E-state index < -0.39 is 6.10 Å². The molecule has 1 N–H and O–H groups in total.